The van der Waals surface area contributed by atoms with Gasteiger partial charge in [0.1, 0.15) is 11.3 Å². The molecule has 1 amide bonds. The Kier molecular flexibility index (Phi) is 5.74. The Labute approximate surface area is 168 Å². The van der Waals surface area contributed by atoms with Gasteiger partial charge in [0, 0.05) is 12.6 Å². The molecular weight excluding hydrogens is 403 g/mol. The highest BCUT2D eigenvalue weighted by Crippen LogP contribution is 2.20. The molecule has 0 aliphatic carbocycles. The predicted octanol–water partition coefficient (Wildman–Crippen LogP) is 1.59. The third-order valence-corrected chi connectivity index (χ3v) is 4.27. The van der Waals surface area contributed by atoms with Gasteiger partial charge in [0.25, 0.3) is 11.5 Å². The van der Waals surface area contributed by atoms with Gasteiger partial charge in [-0.3, -0.25) is 14.3 Å². The first-order valence-corrected chi connectivity index (χ1v) is 8.79. The monoisotopic (exact) mass is 421 g/mol. The van der Waals surface area contributed by atoms with E-state index in [-0.39, 0.29) is 11.4 Å². The molecule has 1 aromatic carbocycles. The maximum atomic E-state index is 12.8. The van der Waals surface area contributed by atoms with Crippen molar-refractivity contribution in [2.24, 2.45) is 7.05 Å². The number of hydrogen-bond donors (Lipinski definition) is 2. The zero-order chi connectivity index (χ0) is 22.1. The smallest absolute Gasteiger partial charge is 0.382 e. The number of nitrogens with zero attached hydrogens (tertiary/aromatic N) is 4. The Balaban J connectivity index is 2.05. The summed E-state index contributed by atoms with van der Waals surface area (Å²) in [6.07, 6.45) is -4.78. The molecule has 158 valence electrons. The Bertz CT molecular complexity index is 1120. The minimum Gasteiger partial charge on any atom is -0.382 e. The van der Waals surface area contributed by atoms with Gasteiger partial charge >= 0.3 is 6.18 Å². The van der Waals surface area contributed by atoms with Crippen molar-refractivity contribution in [2.45, 2.75) is 19.2 Å². The number of rotatable bonds is 5. The molecule has 30 heavy (non-hydrogen) atoms. The van der Waals surface area contributed by atoms with Crippen molar-refractivity contribution in [3.8, 4) is 16.9 Å². The van der Waals surface area contributed by atoms with Crippen LogP contribution in [-0.4, -0.2) is 49.4 Å². The fourth-order valence-electron chi connectivity index (χ4n) is 2.62. The molecule has 0 spiro atoms. The second-order valence-corrected chi connectivity index (χ2v) is 6.67. The maximum Gasteiger partial charge on any atom is 0.416 e. The highest BCUT2D eigenvalue weighted by Gasteiger charge is 2.38. The van der Waals surface area contributed by atoms with Crippen LogP contribution in [0.2, 0.25) is 0 Å². The van der Waals surface area contributed by atoms with Crippen LogP contribution in [0.3, 0.4) is 0 Å². The molecule has 0 radical (unpaired) electrons. The van der Waals surface area contributed by atoms with Crippen LogP contribution in [0, 0.1) is 6.92 Å². The Morgan fingerprint density at radius 1 is 1.27 bits per heavy atom. The third-order valence-electron chi connectivity index (χ3n) is 4.27. The van der Waals surface area contributed by atoms with E-state index in [4.69, 9.17) is 5.11 Å². The summed E-state index contributed by atoms with van der Waals surface area (Å²) in [6.45, 7) is 0.801. The van der Waals surface area contributed by atoms with Crippen molar-refractivity contribution in [3.63, 3.8) is 0 Å². The number of carbonyl (C=O) groups excluding carboxylic acids is 1. The van der Waals surface area contributed by atoms with Gasteiger partial charge in [-0.1, -0.05) is 29.8 Å². The van der Waals surface area contributed by atoms with Crippen molar-refractivity contribution in [1.82, 2.24) is 24.9 Å². The molecule has 11 heteroatoms. The van der Waals surface area contributed by atoms with E-state index in [0.717, 1.165) is 10.2 Å². The van der Waals surface area contributed by atoms with E-state index in [0.29, 0.717) is 5.56 Å². The number of aromatic nitrogens is 4. The van der Waals surface area contributed by atoms with Crippen LogP contribution in [0.25, 0.3) is 16.9 Å². The van der Waals surface area contributed by atoms with Gasteiger partial charge in [0.15, 0.2) is 6.10 Å². The molecule has 3 aromatic rings. The van der Waals surface area contributed by atoms with Crippen LogP contribution in [0.5, 0.6) is 0 Å². The lowest BCUT2D eigenvalue weighted by Gasteiger charge is -2.15. The molecule has 2 heterocycles. The number of aliphatic hydroxyl groups excluding tert-OH is 1. The fourth-order valence-corrected chi connectivity index (χ4v) is 2.62. The number of alkyl halides is 3. The van der Waals surface area contributed by atoms with Gasteiger partial charge in [-0.2, -0.15) is 28.1 Å². The van der Waals surface area contributed by atoms with E-state index in [1.54, 1.807) is 19.2 Å². The average molecular weight is 421 g/mol. The van der Waals surface area contributed by atoms with Crippen LogP contribution in [0.4, 0.5) is 13.2 Å². The molecule has 3 rings (SSSR count). The van der Waals surface area contributed by atoms with Crippen LogP contribution in [-0.2, 0) is 7.05 Å². The number of carbonyl (C=O) groups is 1. The molecule has 8 nitrogen and oxygen atoms in total. The molecule has 0 bridgehead atoms. The third kappa shape index (κ3) is 4.57. The number of aryl methyl sites for hydroxylation is 2. The van der Waals surface area contributed by atoms with E-state index < -0.39 is 35.9 Å². The van der Waals surface area contributed by atoms with Gasteiger partial charge in [-0.05, 0) is 13.0 Å². The topological polar surface area (TPSA) is 102 Å². The predicted molar refractivity (Wildman–Crippen MR) is 101 cm³/mol. The summed E-state index contributed by atoms with van der Waals surface area (Å²) in [4.78, 5) is 25.3. The normalized spacial score (nSPS) is 12.6. The standard InChI is InChI=1S/C19H18F3N5O3/c1-11-3-5-12(6-4-11)15-7-14(17(29)23-9-16(28)19(20,21)22)18(30)27(25-15)13-8-24-26(2)10-13/h3-8,10,16,28H,9H2,1-2H3,(H,23,29)/t16-/m1/s1. The second-order valence-electron chi connectivity index (χ2n) is 6.67. The molecule has 0 saturated heterocycles. The highest BCUT2D eigenvalue weighted by molar-refractivity contribution is 5.94. The van der Waals surface area contributed by atoms with Crippen LogP contribution in [0.15, 0.2) is 47.5 Å². The largest absolute Gasteiger partial charge is 0.416 e. The second kappa shape index (κ2) is 8.11. The Hall–Kier alpha value is -3.47. The van der Waals surface area contributed by atoms with Crippen molar-refractivity contribution in [3.05, 3.63) is 64.2 Å². The first-order valence-electron chi connectivity index (χ1n) is 8.79. The summed E-state index contributed by atoms with van der Waals surface area (Å²) in [5.41, 5.74) is 0.874. The SMILES string of the molecule is Cc1ccc(-c2cc(C(=O)NC[C@@H](O)C(F)(F)F)c(=O)n(-c3cnn(C)c3)n2)cc1. The minimum atomic E-state index is -4.89. The molecular formula is C19H18F3N5O3. The quantitative estimate of drug-likeness (QED) is 0.652. The summed E-state index contributed by atoms with van der Waals surface area (Å²) < 4.78 is 39.9. The first kappa shape index (κ1) is 21.2. The lowest BCUT2D eigenvalue weighted by Crippen LogP contribution is -2.42. The Morgan fingerprint density at radius 2 is 1.93 bits per heavy atom. The summed E-state index contributed by atoms with van der Waals surface area (Å²) in [5, 5.41) is 19.3. The number of aliphatic hydroxyl groups is 1. The number of benzene rings is 1. The zero-order valence-electron chi connectivity index (χ0n) is 16.0. The summed E-state index contributed by atoms with van der Waals surface area (Å²) in [5.74, 6) is -1.06. The number of nitrogens with one attached hydrogen (secondary N) is 1. The zero-order valence-corrected chi connectivity index (χ0v) is 16.0. The number of hydrogen-bond acceptors (Lipinski definition) is 5. The van der Waals surface area contributed by atoms with Gasteiger partial charge in [0.05, 0.1) is 24.6 Å². The first-order chi connectivity index (χ1) is 14.1. The average Bonchev–Trinajstić information content (AvgIpc) is 3.12. The highest BCUT2D eigenvalue weighted by atomic mass is 19.4. The fraction of sp³-hybridized carbons (Fsp3) is 0.263. The minimum absolute atomic E-state index is 0.264. The summed E-state index contributed by atoms with van der Waals surface area (Å²) in [7, 11) is 1.63. The molecule has 0 aliphatic heterocycles. The molecule has 0 unspecified atom stereocenters. The molecule has 0 fully saturated rings. The van der Waals surface area contributed by atoms with Crippen LogP contribution in [0.1, 0.15) is 15.9 Å². The lowest BCUT2D eigenvalue weighted by atomic mass is 10.1. The van der Waals surface area contributed by atoms with E-state index in [1.165, 1.54) is 23.1 Å². The Morgan fingerprint density at radius 3 is 2.50 bits per heavy atom. The van der Waals surface area contributed by atoms with Crippen LogP contribution >= 0.6 is 0 Å². The van der Waals surface area contributed by atoms with Gasteiger partial charge in [0.2, 0.25) is 0 Å². The molecule has 0 saturated carbocycles. The van der Waals surface area contributed by atoms with Crippen molar-refractivity contribution < 1.29 is 23.1 Å². The van der Waals surface area contributed by atoms with E-state index >= 15 is 0 Å². The van der Waals surface area contributed by atoms with Crippen molar-refractivity contribution in [1.29, 1.82) is 0 Å². The van der Waals surface area contributed by atoms with E-state index in [9.17, 15) is 22.8 Å². The molecule has 1 atom stereocenters. The molecule has 2 aromatic heterocycles. The summed E-state index contributed by atoms with van der Waals surface area (Å²) in [6, 6.07) is 8.32. The van der Waals surface area contributed by atoms with E-state index in [1.807, 2.05) is 24.4 Å². The number of amides is 1. The molecule has 0 aliphatic rings. The summed E-state index contributed by atoms with van der Waals surface area (Å²) >= 11 is 0. The van der Waals surface area contributed by atoms with Crippen molar-refractivity contribution >= 4 is 5.91 Å². The van der Waals surface area contributed by atoms with Gasteiger partial charge in [-0.25, -0.2) is 0 Å². The number of halogens is 3. The van der Waals surface area contributed by atoms with Gasteiger partial charge in [-0.15, -0.1) is 0 Å². The van der Waals surface area contributed by atoms with Crippen molar-refractivity contribution in [2.75, 3.05) is 6.54 Å². The molecule has 2 N–H and O–H groups in total. The lowest BCUT2D eigenvalue weighted by molar-refractivity contribution is -0.201. The van der Waals surface area contributed by atoms with E-state index in [2.05, 4.69) is 10.2 Å². The maximum absolute atomic E-state index is 12.8. The van der Waals surface area contributed by atoms with Gasteiger partial charge < -0.3 is 10.4 Å². The van der Waals surface area contributed by atoms with Crippen LogP contribution < -0.4 is 10.9 Å².